The van der Waals surface area contributed by atoms with Gasteiger partial charge in [-0.25, -0.2) is 0 Å². The van der Waals surface area contributed by atoms with Crippen molar-refractivity contribution in [3.8, 4) is 0 Å². The highest BCUT2D eigenvalue weighted by molar-refractivity contribution is 14.0. The van der Waals surface area contributed by atoms with E-state index in [0.717, 1.165) is 37.9 Å². The van der Waals surface area contributed by atoms with Gasteiger partial charge in [0.05, 0.1) is 12.3 Å². The minimum atomic E-state index is 0. The first-order valence-corrected chi connectivity index (χ1v) is 12.1. The Morgan fingerprint density at radius 1 is 1.19 bits per heavy atom. The highest BCUT2D eigenvalue weighted by atomic mass is 127. The zero-order chi connectivity index (χ0) is 20.8. The van der Waals surface area contributed by atoms with Crippen LogP contribution in [0.25, 0.3) is 0 Å². The van der Waals surface area contributed by atoms with Crippen molar-refractivity contribution in [3.63, 3.8) is 0 Å². The van der Waals surface area contributed by atoms with Crippen molar-refractivity contribution in [2.45, 2.75) is 37.8 Å². The van der Waals surface area contributed by atoms with Crippen molar-refractivity contribution in [1.82, 2.24) is 20.4 Å². The van der Waals surface area contributed by atoms with E-state index in [4.69, 9.17) is 4.42 Å². The molecule has 8 heteroatoms. The largest absolute Gasteiger partial charge is 0.468 e. The van der Waals surface area contributed by atoms with Crippen LogP contribution in [-0.2, 0) is 0 Å². The molecule has 4 rings (SSSR count). The third-order valence-electron chi connectivity index (χ3n) is 6.51. The van der Waals surface area contributed by atoms with Crippen LogP contribution in [0.2, 0.25) is 0 Å². The smallest absolute Gasteiger partial charge is 0.191 e. The van der Waals surface area contributed by atoms with Crippen molar-refractivity contribution in [2.75, 3.05) is 46.8 Å². The SMILES string of the molecule is CN=C(NCC1CCCN(C)C1c1cccs1)NCC(c1ccco1)N1CCCC1.I. The Bertz CT molecular complexity index is 776. The zero-order valence-electron chi connectivity index (χ0n) is 18.6. The third kappa shape index (κ3) is 6.24. The van der Waals surface area contributed by atoms with Crippen LogP contribution < -0.4 is 10.6 Å². The van der Waals surface area contributed by atoms with Crippen LogP contribution in [0, 0.1) is 5.92 Å². The number of guanidine groups is 1. The predicted molar refractivity (Wildman–Crippen MR) is 139 cm³/mol. The fourth-order valence-electron chi connectivity index (χ4n) is 4.97. The number of thiophene rings is 1. The molecule has 2 aromatic rings. The molecule has 0 aromatic carbocycles. The van der Waals surface area contributed by atoms with Gasteiger partial charge in [0.15, 0.2) is 5.96 Å². The van der Waals surface area contributed by atoms with Crippen molar-refractivity contribution >= 4 is 41.3 Å². The molecule has 2 fully saturated rings. The summed E-state index contributed by atoms with van der Waals surface area (Å²) in [5, 5.41) is 9.36. The molecular formula is C23H36IN5OS. The number of nitrogens with one attached hydrogen (secondary N) is 2. The zero-order valence-corrected chi connectivity index (χ0v) is 21.8. The third-order valence-corrected chi connectivity index (χ3v) is 7.46. The lowest BCUT2D eigenvalue weighted by atomic mass is 9.88. The van der Waals surface area contributed by atoms with Crippen molar-refractivity contribution in [1.29, 1.82) is 0 Å². The molecular weight excluding hydrogens is 521 g/mol. The minimum Gasteiger partial charge on any atom is -0.468 e. The van der Waals surface area contributed by atoms with E-state index in [0.29, 0.717) is 12.0 Å². The number of hydrogen-bond acceptors (Lipinski definition) is 5. The maximum atomic E-state index is 5.75. The van der Waals surface area contributed by atoms with Gasteiger partial charge >= 0.3 is 0 Å². The average molecular weight is 558 g/mol. The van der Waals surface area contributed by atoms with E-state index in [1.807, 2.05) is 24.5 Å². The van der Waals surface area contributed by atoms with Gasteiger partial charge in [0.25, 0.3) is 0 Å². The Morgan fingerprint density at radius 2 is 2.03 bits per heavy atom. The fraction of sp³-hybridized carbons (Fsp3) is 0.609. The molecule has 6 nitrogen and oxygen atoms in total. The average Bonchev–Trinajstić information content (AvgIpc) is 3.54. The van der Waals surface area contributed by atoms with E-state index in [-0.39, 0.29) is 30.0 Å². The first-order valence-electron chi connectivity index (χ1n) is 11.2. The lowest BCUT2D eigenvalue weighted by molar-refractivity contribution is 0.125. The van der Waals surface area contributed by atoms with Crippen molar-refractivity contribution in [3.05, 3.63) is 46.5 Å². The number of rotatable bonds is 7. The molecule has 0 spiro atoms. The first kappa shape index (κ1) is 24.5. The van der Waals surface area contributed by atoms with Gasteiger partial charge in [-0.1, -0.05) is 6.07 Å². The van der Waals surface area contributed by atoms with Crippen LogP contribution in [0.1, 0.15) is 48.4 Å². The highest BCUT2D eigenvalue weighted by Crippen LogP contribution is 2.36. The molecule has 2 aliphatic heterocycles. The topological polar surface area (TPSA) is 56.0 Å². The Labute approximate surface area is 207 Å². The van der Waals surface area contributed by atoms with Gasteiger partial charge in [-0.15, -0.1) is 35.3 Å². The quantitative estimate of drug-likeness (QED) is 0.302. The Balaban J connectivity index is 0.00000272. The summed E-state index contributed by atoms with van der Waals surface area (Å²) in [4.78, 5) is 11.0. The second-order valence-electron chi connectivity index (χ2n) is 8.45. The van der Waals surface area contributed by atoms with Crippen LogP contribution in [-0.4, -0.2) is 62.6 Å². The van der Waals surface area contributed by atoms with Gasteiger partial charge in [0.2, 0.25) is 0 Å². The molecule has 31 heavy (non-hydrogen) atoms. The maximum absolute atomic E-state index is 5.75. The number of nitrogens with zero attached hydrogens (tertiary/aromatic N) is 3. The van der Waals surface area contributed by atoms with Crippen molar-refractivity contribution < 1.29 is 4.42 Å². The summed E-state index contributed by atoms with van der Waals surface area (Å²) in [6, 6.07) is 9.26. The number of piperidine rings is 1. The Kier molecular flexibility index (Phi) is 9.68. The van der Waals surface area contributed by atoms with Gasteiger partial charge in [0.1, 0.15) is 5.76 Å². The van der Waals surface area contributed by atoms with Crippen LogP contribution >= 0.6 is 35.3 Å². The van der Waals surface area contributed by atoms with E-state index >= 15 is 0 Å². The maximum Gasteiger partial charge on any atom is 0.191 e. The number of furan rings is 1. The van der Waals surface area contributed by atoms with E-state index in [2.05, 4.69) is 56.1 Å². The van der Waals surface area contributed by atoms with E-state index in [1.165, 1.54) is 37.1 Å². The van der Waals surface area contributed by atoms with Crippen molar-refractivity contribution in [2.24, 2.45) is 10.9 Å². The number of aliphatic imine (C=N–C) groups is 1. The summed E-state index contributed by atoms with van der Waals surface area (Å²) in [6.45, 7) is 5.17. The minimum absolute atomic E-state index is 0. The lowest BCUT2D eigenvalue weighted by Gasteiger charge is -2.39. The summed E-state index contributed by atoms with van der Waals surface area (Å²) in [5.74, 6) is 2.50. The standard InChI is InChI=1S/C23H35N5OS.HI/c1-24-23(26-17-19(20-9-6-14-29-20)28-12-3-4-13-28)25-16-18-8-5-11-27(2)22(18)21-10-7-15-30-21;/h6-7,9-10,14-15,18-19,22H,3-5,8,11-13,16-17H2,1-2H3,(H2,24,25,26);1H. The van der Waals surface area contributed by atoms with Crippen LogP contribution in [0.4, 0.5) is 0 Å². The number of hydrogen-bond donors (Lipinski definition) is 2. The normalized spacial score (nSPS) is 24.0. The number of halogens is 1. The molecule has 3 atom stereocenters. The second-order valence-corrected chi connectivity index (χ2v) is 9.43. The predicted octanol–water partition coefficient (Wildman–Crippen LogP) is 4.34. The molecule has 2 N–H and O–H groups in total. The summed E-state index contributed by atoms with van der Waals surface area (Å²) < 4.78 is 5.75. The summed E-state index contributed by atoms with van der Waals surface area (Å²) in [5.41, 5.74) is 0. The molecule has 172 valence electrons. The molecule has 2 saturated heterocycles. The molecule has 4 heterocycles. The van der Waals surface area contributed by atoms with Gasteiger partial charge in [-0.2, -0.15) is 0 Å². The Morgan fingerprint density at radius 3 is 2.71 bits per heavy atom. The summed E-state index contributed by atoms with van der Waals surface area (Å²) in [6.07, 6.45) is 6.81. The molecule has 2 aliphatic rings. The van der Waals surface area contributed by atoms with Gasteiger partial charge in [0, 0.05) is 31.1 Å². The molecule has 0 aliphatic carbocycles. The Hall–Kier alpha value is -1.10. The fourth-order valence-corrected chi connectivity index (χ4v) is 5.95. The lowest BCUT2D eigenvalue weighted by Crippen LogP contribution is -2.46. The monoisotopic (exact) mass is 557 g/mol. The molecule has 0 saturated carbocycles. The van der Waals surface area contributed by atoms with Crippen LogP contribution in [0.3, 0.4) is 0 Å². The van der Waals surface area contributed by atoms with E-state index in [9.17, 15) is 0 Å². The van der Waals surface area contributed by atoms with E-state index in [1.54, 1.807) is 6.26 Å². The van der Waals surface area contributed by atoms with Gasteiger partial charge < -0.3 is 15.1 Å². The second kappa shape index (κ2) is 12.2. The first-order chi connectivity index (χ1) is 14.8. The van der Waals surface area contributed by atoms with Crippen LogP contribution in [0.15, 0.2) is 45.3 Å². The molecule has 0 amide bonds. The molecule has 0 radical (unpaired) electrons. The highest BCUT2D eigenvalue weighted by Gasteiger charge is 2.31. The molecule has 0 bridgehead atoms. The molecule has 3 unspecified atom stereocenters. The van der Waals surface area contributed by atoms with Gasteiger partial charge in [-0.05, 0) is 81.9 Å². The summed E-state index contributed by atoms with van der Waals surface area (Å²) in [7, 11) is 4.12. The van der Waals surface area contributed by atoms with Gasteiger partial charge in [-0.3, -0.25) is 14.8 Å². The van der Waals surface area contributed by atoms with E-state index < -0.39 is 0 Å². The van der Waals surface area contributed by atoms with Crippen LogP contribution in [0.5, 0.6) is 0 Å². The summed E-state index contributed by atoms with van der Waals surface area (Å²) >= 11 is 1.87. The number of likely N-dealkylation sites (tertiary alicyclic amines) is 2. The molecule has 2 aromatic heterocycles.